The molecule has 0 atom stereocenters. The number of rotatable bonds is 0. The van der Waals surface area contributed by atoms with Crippen molar-refractivity contribution in [1.29, 1.82) is 0 Å². The predicted octanol–water partition coefficient (Wildman–Crippen LogP) is 0.846. The van der Waals surface area contributed by atoms with Crippen LogP contribution in [0.1, 0.15) is 16.7 Å². The molecule has 1 aromatic rings. The Labute approximate surface area is 82.6 Å². The zero-order valence-electron chi connectivity index (χ0n) is 8.09. The van der Waals surface area contributed by atoms with Crippen LogP contribution >= 0.6 is 0 Å². The third-order valence-electron chi connectivity index (χ3n) is 1.83. The molecule has 0 saturated carbocycles. The van der Waals surface area contributed by atoms with Gasteiger partial charge in [0.2, 0.25) is 0 Å². The number of carbonyl (C=O) groups excluding carboxylic acids is 1. The van der Waals surface area contributed by atoms with E-state index in [2.05, 4.69) is 11.8 Å². The summed E-state index contributed by atoms with van der Waals surface area (Å²) in [5.74, 6) is 4.49. The van der Waals surface area contributed by atoms with Gasteiger partial charge in [0.1, 0.15) is 5.75 Å². The summed E-state index contributed by atoms with van der Waals surface area (Å²) in [5, 5.41) is 9.26. The first-order valence-electron chi connectivity index (χ1n) is 4.12. The van der Waals surface area contributed by atoms with E-state index in [-0.39, 0.29) is 5.75 Å². The van der Waals surface area contributed by atoms with Gasteiger partial charge in [-0.2, -0.15) is 0 Å². The summed E-state index contributed by atoms with van der Waals surface area (Å²) in [7, 11) is 0. The van der Waals surface area contributed by atoms with Crippen molar-refractivity contribution in [3.05, 3.63) is 28.8 Å². The molecule has 0 bridgehead atoms. The maximum atomic E-state index is 10.5. The third-order valence-corrected chi connectivity index (χ3v) is 1.83. The smallest absolute Gasteiger partial charge is 0.293 e. The third kappa shape index (κ3) is 2.27. The van der Waals surface area contributed by atoms with Crippen LogP contribution in [-0.4, -0.2) is 11.0 Å². The molecule has 0 fully saturated rings. The lowest BCUT2D eigenvalue weighted by atomic mass is 10.0. The fourth-order valence-corrected chi connectivity index (χ4v) is 1.26. The Balaban J connectivity index is 3.24. The van der Waals surface area contributed by atoms with Gasteiger partial charge in [-0.15, -0.1) is 0 Å². The summed E-state index contributed by atoms with van der Waals surface area (Å²) in [6.07, 6.45) is 0. The Bertz CT molecular complexity index is 415. The normalized spacial score (nSPS) is 9.00. The lowest BCUT2D eigenvalue weighted by molar-refractivity contribution is -0.112. The first kappa shape index (κ1) is 10.1. The maximum absolute atomic E-state index is 10.5. The average molecular weight is 189 g/mol. The number of aryl methyl sites for hydroxylation is 2. The van der Waals surface area contributed by atoms with E-state index in [0.717, 1.165) is 16.7 Å². The quantitative estimate of drug-likeness (QED) is 0.594. The minimum absolute atomic E-state index is 0.199. The second-order valence-corrected chi connectivity index (χ2v) is 3.07. The number of amides is 1. The van der Waals surface area contributed by atoms with Gasteiger partial charge in [-0.05, 0) is 43.0 Å². The SMILES string of the molecule is Cc1cc(O)cc(C)c1C#CC(N)=O. The van der Waals surface area contributed by atoms with Gasteiger partial charge < -0.3 is 10.8 Å². The highest BCUT2D eigenvalue weighted by atomic mass is 16.3. The van der Waals surface area contributed by atoms with E-state index in [1.54, 1.807) is 12.1 Å². The standard InChI is InChI=1S/C11H11NO2/c1-7-5-9(13)6-8(2)10(7)3-4-11(12)14/h5-6,13H,1-2H3,(H2,12,14). The number of hydrogen-bond acceptors (Lipinski definition) is 2. The van der Waals surface area contributed by atoms with E-state index < -0.39 is 5.91 Å². The average Bonchev–Trinajstić information content (AvgIpc) is 2.01. The van der Waals surface area contributed by atoms with Crippen molar-refractivity contribution < 1.29 is 9.90 Å². The first-order chi connectivity index (χ1) is 6.50. The predicted molar refractivity (Wildman–Crippen MR) is 53.7 cm³/mol. The van der Waals surface area contributed by atoms with Crippen molar-refractivity contribution in [2.75, 3.05) is 0 Å². The number of nitrogens with two attached hydrogens (primary N) is 1. The lowest BCUT2D eigenvalue weighted by Gasteiger charge is -2.03. The van der Waals surface area contributed by atoms with Gasteiger partial charge in [0, 0.05) is 5.56 Å². The number of primary amides is 1. The largest absolute Gasteiger partial charge is 0.508 e. The molecular formula is C11H11NO2. The summed E-state index contributed by atoms with van der Waals surface area (Å²) in [4.78, 5) is 10.5. The Morgan fingerprint density at radius 1 is 1.36 bits per heavy atom. The molecule has 0 aliphatic carbocycles. The molecule has 0 saturated heterocycles. The van der Waals surface area contributed by atoms with Gasteiger partial charge in [-0.3, -0.25) is 4.79 Å². The minimum atomic E-state index is -0.656. The summed E-state index contributed by atoms with van der Waals surface area (Å²) < 4.78 is 0. The molecule has 0 spiro atoms. The fraction of sp³-hybridized carbons (Fsp3) is 0.182. The van der Waals surface area contributed by atoms with Gasteiger partial charge >= 0.3 is 0 Å². The van der Waals surface area contributed by atoms with Crippen molar-refractivity contribution in [1.82, 2.24) is 0 Å². The summed E-state index contributed by atoms with van der Waals surface area (Å²) in [6, 6.07) is 3.19. The topological polar surface area (TPSA) is 63.3 Å². The van der Waals surface area contributed by atoms with Gasteiger partial charge in [0.05, 0.1) is 0 Å². The lowest BCUT2D eigenvalue weighted by Crippen LogP contribution is -2.06. The molecule has 0 aliphatic rings. The summed E-state index contributed by atoms with van der Waals surface area (Å²) in [6.45, 7) is 3.63. The molecule has 0 aliphatic heterocycles. The number of carbonyl (C=O) groups is 1. The van der Waals surface area contributed by atoms with E-state index in [1.165, 1.54) is 0 Å². The molecule has 0 unspecified atom stereocenters. The minimum Gasteiger partial charge on any atom is -0.508 e. The van der Waals surface area contributed by atoms with E-state index in [1.807, 2.05) is 13.8 Å². The Kier molecular flexibility index (Phi) is 2.78. The molecule has 3 N–H and O–H groups in total. The van der Waals surface area contributed by atoms with Crippen LogP contribution in [-0.2, 0) is 4.79 Å². The van der Waals surface area contributed by atoms with Gasteiger partial charge in [0.25, 0.3) is 5.91 Å². The van der Waals surface area contributed by atoms with Crippen LogP contribution in [0.3, 0.4) is 0 Å². The Hall–Kier alpha value is -1.95. The van der Waals surface area contributed by atoms with Crippen molar-refractivity contribution in [3.63, 3.8) is 0 Å². The molecule has 0 radical (unpaired) electrons. The van der Waals surface area contributed by atoms with Crippen LogP contribution in [0.25, 0.3) is 0 Å². The highest BCUT2D eigenvalue weighted by molar-refractivity contribution is 5.92. The Morgan fingerprint density at radius 3 is 2.29 bits per heavy atom. The summed E-state index contributed by atoms with van der Waals surface area (Å²) in [5.41, 5.74) is 7.31. The van der Waals surface area contributed by atoms with Crippen LogP contribution in [0.15, 0.2) is 12.1 Å². The van der Waals surface area contributed by atoms with Gasteiger partial charge in [-0.1, -0.05) is 5.92 Å². The zero-order valence-corrected chi connectivity index (χ0v) is 8.09. The summed E-state index contributed by atoms with van der Waals surface area (Å²) >= 11 is 0. The highest BCUT2D eigenvalue weighted by Gasteiger charge is 2.01. The van der Waals surface area contributed by atoms with Crippen molar-refractivity contribution in [2.45, 2.75) is 13.8 Å². The van der Waals surface area contributed by atoms with E-state index in [9.17, 15) is 9.90 Å². The van der Waals surface area contributed by atoms with Crippen LogP contribution < -0.4 is 5.73 Å². The van der Waals surface area contributed by atoms with E-state index >= 15 is 0 Å². The van der Waals surface area contributed by atoms with Crippen LogP contribution in [0.4, 0.5) is 0 Å². The Morgan fingerprint density at radius 2 is 1.86 bits per heavy atom. The molecule has 1 aromatic carbocycles. The number of phenols is 1. The molecule has 3 heteroatoms. The number of aromatic hydroxyl groups is 1. The molecule has 14 heavy (non-hydrogen) atoms. The van der Waals surface area contributed by atoms with Crippen molar-refractivity contribution in [3.8, 4) is 17.6 Å². The number of phenolic OH excluding ortho intramolecular Hbond substituents is 1. The highest BCUT2D eigenvalue weighted by Crippen LogP contribution is 2.19. The second kappa shape index (κ2) is 3.84. The molecule has 1 rings (SSSR count). The van der Waals surface area contributed by atoms with Crippen LogP contribution in [0.2, 0.25) is 0 Å². The fourth-order valence-electron chi connectivity index (χ4n) is 1.26. The second-order valence-electron chi connectivity index (χ2n) is 3.07. The first-order valence-corrected chi connectivity index (χ1v) is 4.12. The molecule has 1 amide bonds. The van der Waals surface area contributed by atoms with Crippen LogP contribution in [0.5, 0.6) is 5.75 Å². The number of benzene rings is 1. The maximum Gasteiger partial charge on any atom is 0.293 e. The van der Waals surface area contributed by atoms with Crippen LogP contribution in [0, 0.1) is 25.7 Å². The molecule has 0 heterocycles. The molecule has 0 aromatic heterocycles. The number of hydrogen-bond donors (Lipinski definition) is 2. The monoisotopic (exact) mass is 189 g/mol. The molecule has 72 valence electrons. The molecule has 3 nitrogen and oxygen atoms in total. The zero-order chi connectivity index (χ0) is 10.7. The van der Waals surface area contributed by atoms with Gasteiger partial charge in [-0.25, -0.2) is 0 Å². The van der Waals surface area contributed by atoms with Gasteiger partial charge in [0.15, 0.2) is 0 Å². The van der Waals surface area contributed by atoms with E-state index in [4.69, 9.17) is 5.73 Å². The van der Waals surface area contributed by atoms with Crippen molar-refractivity contribution in [2.24, 2.45) is 5.73 Å². The van der Waals surface area contributed by atoms with Crippen molar-refractivity contribution >= 4 is 5.91 Å². The van der Waals surface area contributed by atoms with E-state index in [0.29, 0.717) is 0 Å². The molecular weight excluding hydrogens is 178 g/mol.